The van der Waals surface area contributed by atoms with Gasteiger partial charge in [0, 0.05) is 12.0 Å². The largest absolute Gasteiger partial charge is 0.493 e. The minimum absolute atomic E-state index is 0.439. The first-order valence-electron chi connectivity index (χ1n) is 5.42. The molecule has 0 fully saturated rings. The van der Waals surface area contributed by atoms with Crippen LogP contribution < -0.4 is 10.5 Å². The van der Waals surface area contributed by atoms with E-state index in [0.717, 1.165) is 35.9 Å². The number of hydrogen-bond donors (Lipinski definition) is 1. The van der Waals surface area contributed by atoms with Crippen molar-refractivity contribution in [1.29, 1.82) is 0 Å². The average molecular weight is 215 g/mol. The van der Waals surface area contributed by atoms with E-state index in [1.807, 2.05) is 24.3 Å². The molecule has 0 amide bonds. The van der Waals surface area contributed by atoms with Crippen LogP contribution in [0.4, 0.5) is 0 Å². The predicted molar refractivity (Wildman–Crippen MR) is 61.2 cm³/mol. The van der Waals surface area contributed by atoms with Crippen molar-refractivity contribution in [2.45, 2.75) is 13.0 Å². The Hall–Kier alpha value is -1.74. The van der Waals surface area contributed by atoms with Gasteiger partial charge >= 0.3 is 0 Å². The molecule has 0 radical (unpaired) electrons. The molecule has 0 aliphatic carbocycles. The number of furan rings is 1. The highest BCUT2D eigenvalue weighted by molar-refractivity contribution is 5.61. The first kappa shape index (κ1) is 9.48. The first-order valence-corrected chi connectivity index (χ1v) is 5.42. The fourth-order valence-corrected chi connectivity index (χ4v) is 1.98. The van der Waals surface area contributed by atoms with Crippen molar-refractivity contribution in [3.8, 4) is 17.1 Å². The lowest BCUT2D eigenvalue weighted by Gasteiger charge is -2.01. The van der Waals surface area contributed by atoms with Gasteiger partial charge in [-0.15, -0.1) is 0 Å². The maximum absolute atomic E-state index is 5.61. The van der Waals surface area contributed by atoms with Crippen LogP contribution >= 0.6 is 0 Å². The Morgan fingerprint density at radius 1 is 1.19 bits per heavy atom. The standard InChI is InChI=1S/C13H13NO2/c14-8-11-2-4-13(16-11)9-1-3-12-10(7-9)5-6-15-12/h1-4,7H,5-6,8,14H2. The molecule has 1 aliphatic rings. The predicted octanol–water partition coefficient (Wildman–Crippen LogP) is 2.34. The van der Waals surface area contributed by atoms with E-state index in [1.54, 1.807) is 0 Å². The highest BCUT2D eigenvalue weighted by Gasteiger charge is 2.13. The van der Waals surface area contributed by atoms with E-state index in [1.165, 1.54) is 5.56 Å². The van der Waals surface area contributed by atoms with E-state index in [-0.39, 0.29) is 0 Å². The zero-order valence-corrected chi connectivity index (χ0v) is 8.90. The lowest BCUT2D eigenvalue weighted by atomic mass is 10.1. The van der Waals surface area contributed by atoms with Crippen LogP contribution in [0.2, 0.25) is 0 Å². The summed E-state index contributed by atoms with van der Waals surface area (Å²) in [6.07, 6.45) is 0.980. The van der Waals surface area contributed by atoms with Gasteiger partial charge in [-0.1, -0.05) is 0 Å². The van der Waals surface area contributed by atoms with Gasteiger partial charge in [-0.25, -0.2) is 0 Å². The minimum atomic E-state index is 0.439. The molecule has 0 spiro atoms. The van der Waals surface area contributed by atoms with Gasteiger partial charge in [0.15, 0.2) is 0 Å². The van der Waals surface area contributed by atoms with Crippen molar-refractivity contribution in [2.24, 2.45) is 5.73 Å². The molecule has 0 atom stereocenters. The molecule has 0 bridgehead atoms. The summed E-state index contributed by atoms with van der Waals surface area (Å²) >= 11 is 0. The van der Waals surface area contributed by atoms with E-state index < -0.39 is 0 Å². The van der Waals surface area contributed by atoms with Crippen molar-refractivity contribution in [3.63, 3.8) is 0 Å². The molecule has 2 N–H and O–H groups in total. The number of benzene rings is 1. The summed E-state index contributed by atoms with van der Waals surface area (Å²) in [7, 11) is 0. The fraction of sp³-hybridized carbons (Fsp3) is 0.231. The minimum Gasteiger partial charge on any atom is -0.493 e. The number of ether oxygens (including phenoxy) is 1. The number of rotatable bonds is 2. The molecule has 3 heteroatoms. The Kier molecular flexibility index (Phi) is 2.18. The van der Waals surface area contributed by atoms with Crippen LogP contribution in [0.1, 0.15) is 11.3 Å². The second kappa shape index (κ2) is 3.68. The highest BCUT2D eigenvalue weighted by atomic mass is 16.5. The summed E-state index contributed by atoms with van der Waals surface area (Å²) in [6.45, 7) is 1.22. The molecule has 0 saturated heterocycles. The van der Waals surface area contributed by atoms with Gasteiger partial charge < -0.3 is 14.9 Å². The topological polar surface area (TPSA) is 48.4 Å². The molecule has 1 aromatic heterocycles. The third-order valence-electron chi connectivity index (χ3n) is 2.84. The smallest absolute Gasteiger partial charge is 0.134 e. The average Bonchev–Trinajstić information content (AvgIpc) is 2.96. The molecule has 16 heavy (non-hydrogen) atoms. The summed E-state index contributed by atoms with van der Waals surface area (Å²) in [5, 5.41) is 0. The van der Waals surface area contributed by atoms with Gasteiger partial charge in [-0.3, -0.25) is 0 Å². The third kappa shape index (κ3) is 1.49. The highest BCUT2D eigenvalue weighted by Crippen LogP contribution is 2.31. The Morgan fingerprint density at radius 3 is 2.94 bits per heavy atom. The normalized spacial score (nSPS) is 13.6. The Bertz CT molecular complexity index is 516. The van der Waals surface area contributed by atoms with Crippen LogP contribution in [0.5, 0.6) is 5.75 Å². The zero-order valence-electron chi connectivity index (χ0n) is 8.90. The third-order valence-corrected chi connectivity index (χ3v) is 2.84. The first-order chi connectivity index (χ1) is 7.86. The van der Waals surface area contributed by atoms with Crippen molar-refractivity contribution in [1.82, 2.24) is 0 Å². The molecule has 2 heterocycles. The van der Waals surface area contributed by atoms with Gasteiger partial charge in [-0.2, -0.15) is 0 Å². The zero-order chi connectivity index (χ0) is 11.0. The molecule has 82 valence electrons. The molecule has 3 nitrogen and oxygen atoms in total. The lowest BCUT2D eigenvalue weighted by Crippen LogP contribution is -1.92. The van der Waals surface area contributed by atoms with Crippen molar-refractivity contribution in [2.75, 3.05) is 6.61 Å². The van der Waals surface area contributed by atoms with Crippen molar-refractivity contribution >= 4 is 0 Å². The SMILES string of the molecule is NCc1ccc(-c2ccc3c(c2)CCO3)o1. The van der Waals surface area contributed by atoms with E-state index in [2.05, 4.69) is 6.07 Å². The van der Waals surface area contributed by atoms with Crippen LogP contribution in [0, 0.1) is 0 Å². The second-order valence-electron chi connectivity index (χ2n) is 3.89. The van der Waals surface area contributed by atoms with E-state index in [9.17, 15) is 0 Å². The monoisotopic (exact) mass is 215 g/mol. The maximum Gasteiger partial charge on any atom is 0.134 e. The molecule has 2 aromatic rings. The fourth-order valence-electron chi connectivity index (χ4n) is 1.98. The summed E-state index contributed by atoms with van der Waals surface area (Å²) in [5.41, 5.74) is 7.86. The van der Waals surface area contributed by atoms with Crippen LogP contribution in [0.3, 0.4) is 0 Å². The molecule has 1 aromatic carbocycles. The van der Waals surface area contributed by atoms with Gasteiger partial charge in [0.1, 0.15) is 17.3 Å². The summed E-state index contributed by atoms with van der Waals surface area (Å²) in [4.78, 5) is 0. The Morgan fingerprint density at radius 2 is 2.12 bits per heavy atom. The molecular formula is C13H13NO2. The Labute approximate surface area is 93.8 Å². The summed E-state index contributed by atoms with van der Waals surface area (Å²) in [6, 6.07) is 10.0. The number of fused-ring (bicyclic) bond motifs is 1. The Balaban J connectivity index is 2.00. The van der Waals surface area contributed by atoms with Gasteiger partial charge in [0.2, 0.25) is 0 Å². The van der Waals surface area contributed by atoms with E-state index in [0.29, 0.717) is 6.54 Å². The molecule has 0 saturated carbocycles. The van der Waals surface area contributed by atoms with Crippen molar-refractivity contribution in [3.05, 3.63) is 41.7 Å². The quantitative estimate of drug-likeness (QED) is 0.836. The van der Waals surface area contributed by atoms with Gasteiger partial charge in [-0.05, 0) is 35.9 Å². The van der Waals surface area contributed by atoms with Crippen LogP contribution in [-0.2, 0) is 13.0 Å². The van der Waals surface area contributed by atoms with E-state index in [4.69, 9.17) is 14.9 Å². The second-order valence-corrected chi connectivity index (χ2v) is 3.89. The van der Waals surface area contributed by atoms with Crippen LogP contribution in [0.25, 0.3) is 11.3 Å². The van der Waals surface area contributed by atoms with E-state index >= 15 is 0 Å². The lowest BCUT2D eigenvalue weighted by molar-refractivity contribution is 0.357. The number of hydrogen-bond acceptors (Lipinski definition) is 3. The summed E-state index contributed by atoms with van der Waals surface area (Å²) < 4.78 is 11.1. The molecule has 1 aliphatic heterocycles. The molecule has 0 unspecified atom stereocenters. The molecular weight excluding hydrogens is 202 g/mol. The summed E-state index contributed by atoms with van der Waals surface area (Å²) in [5.74, 6) is 2.68. The van der Waals surface area contributed by atoms with Gasteiger partial charge in [0.25, 0.3) is 0 Å². The maximum atomic E-state index is 5.61. The van der Waals surface area contributed by atoms with Crippen LogP contribution in [-0.4, -0.2) is 6.61 Å². The molecule has 3 rings (SSSR count). The number of nitrogens with two attached hydrogens (primary N) is 1. The van der Waals surface area contributed by atoms with Crippen LogP contribution in [0.15, 0.2) is 34.7 Å². The van der Waals surface area contributed by atoms with Gasteiger partial charge in [0.05, 0.1) is 13.2 Å². The van der Waals surface area contributed by atoms with Crippen molar-refractivity contribution < 1.29 is 9.15 Å².